The molecule has 0 saturated carbocycles. The molecule has 2 aromatic rings. The number of thioether (sulfide) groups is 1. The van der Waals surface area contributed by atoms with Crippen molar-refractivity contribution >= 4 is 23.4 Å². The first kappa shape index (κ1) is 15.4. The summed E-state index contributed by atoms with van der Waals surface area (Å²) in [6.07, 6.45) is 2.64. The van der Waals surface area contributed by atoms with Crippen LogP contribution in [-0.2, 0) is 6.42 Å². The lowest BCUT2D eigenvalue weighted by atomic mass is 10.1. The predicted octanol–water partition coefficient (Wildman–Crippen LogP) is 4.82. The van der Waals surface area contributed by atoms with Crippen LogP contribution in [0.1, 0.15) is 18.4 Å². The zero-order valence-corrected chi connectivity index (χ0v) is 12.9. The third-order valence-electron chi connectivity index (χ3n) is 3.10. The quantitative estimate of drug-likeness (QED) is 0.740. The Morgan fingerprint density at radius 3 is 2.40 bits per heavy atom. The Labute approximate surface area is 130 Å². The van der Waals surface area contributed by atoms with Crippen LogP contribution in [0.3, 0.4) is 0 Å². The zero-order valence-electron chi connectivity index (χ0n) is 11.3. The van der Waals surface area contributed by atoms with Crippen LogP contribution >= 0.6 is 23.4 Å². The Kier molecular flexibility index (Phi) is 6.44. The van der Waals surface area contributed by atoms with E-state index in [2.05, 4.69) is 24.3 Å². The molecule has 106 valence electrons. The molecular formula is C17H19ClOS. The number of aryl methyl sites for hydroxylation is 1. The fraction of sp³-hybridized carbons (Fsp3) is 0.294. The molecule has 3 heteroatoms. The van der Waals surface area contributed by atoms with E-state index in [0.717, 1.165) is 34.9 Å². The first-order chi connectivity index (χ1) is 9.74. The molecule has 1 nitrogen and oxygen atoms in total. The van der Waals surface area contributed by atoms with Crippen LogP contribution in [0.2, 0.25) is 5.02 Å². The van der Waals surface area contributed by atoms with E-state index in [0.29, 0.717) is 0 Å². The van der Waals surface area contributed by atoms with Crippen molar-refractivity contribution in [3.63, 3.8) is 0 Å². The van der Waals surface area contributed by atoms with Crippen molar-refractivity contribution in [1.82, 2.24) is 0 Å². The van der Waals surface area contributed by atoms with Gasteiger partial charge in [-0.15, -0.1) is 11.8 Å². The lowest BCUT2D eigenvalue weighted by Gasteiger charge is -2.10. The lowest BCUT2D eigenvalue weighted by molar-refractivity contribution is 0.186. The summed E-state index contributed by atoms with van der Waals surface area (Å²) in [4.78, 5) is 1.15. The molecule has 0 amide bonds. The Morgan fingerprint density at radius 1 is 1.00 bits per heavy atom. The molecule has 0 heterocycles. The number of hydrogen-bond donors (Lipinski definition) is 1. The SMILES string of the molecule is OC(CCCc1ccccc1)CSc1ccc(Cl)cc1. The van der Waals surface area contributed by atoms with Gasteiger partial charge in [-0.3, -0.25) is 0 Å². The average molecular weight is 307 g/mol. The van der Waals surface area contributed by atoms with Crippen LogP contribution in [0, 0.1) is 0 Å². The molecule has 0 bridgehead atoms. The van der Waals surface area contributed by atoms with Gasteiger partial charge in [0.2, 0.25) is 0 Å². The molecule has 2 rings (SSSR count). The Hall–Kier alpha value is -0.960. The van der Waals surface area contributed by atoms with Gasteiger partial charge in [-0.25, -0.2) is 0 Å². The second kappa shape index (κ2) is 8.35. The average Bonchev–Trinajstić information content (AvgIpc) is 2.48. The molecule has 0 fully saturated rings. The lowest BCUT2D eigenvalue weighted by Crippen LogP contribution is -2.10. The minimum absolute atomic E-state index is 0.251. The van der Waals surface area contributed by atoms with Crippen molar-refractivity contribution < 1.29 is 5.11 Å². The van der Waals surface area contributed by atoms with Crippen LogP contribution in [0.5, 0.6) is 0 Å². The van der Waals surface area contributed by atoms with Gasteiger partial charge in [0.25, 0.3) is 0 Å². The third kappa shape index (κ3) is 5.58. The maximum atomic E-state index is 10.00. The van der Waals surface area contributed by atoms with E-state index in [-0.39, 0.29) is 6.10 Å². The maximum absolute atomic E-state index is 10.00. The minimum atomic E-state index is -0.251. The third-order valence-corrected chi connectivity index (χ3v) is 4.51. The summed E-state index contributed by atoms with van der Waals surface area (Å²) in [6, 6.07) is 18.2. The van der Waals surface area contributed by atoms with Crippen molar-refractivity contribution in [2.24, 2.45) is 0 Å². The van der Waals surface area contributed by atoms with Gasteiger partial charge in [-0.1, -0.05) is 41.9 Å². The number of hydrogen-bond acceptors (Lipinski definition) is 2. The maximum Gasteiger partial charge on any atom is 0.0634 e. The highest BCUT2D eigenvalue weighted by atomic mass is 35.5. The Morgan fingerprint density at radius 2 is 1.70 bits per heavy atom. The predicted molar refractivity (Wildman–Crippen MR) is 87.6 cm³/mol. The first-order valence-electron chi connectivity index (χ1n) is 6.84. The number of halogens is 1. The second-order valence-electron chi connectivity index (χ2n) is 4.80. The Bertz CT molecular complexity index is 498. The van der Waals surface area contributed by atoms with E-state index in [1.165, 1.54) is 5.56 Å². The van der Waals surface area contributed by atoms with E-state index >= 15 is 0 Å². The molecule has 2 aromatic carbocycles. The molecule has 0 radical (unpaired) electrons. The number of benzene rings is 2. The number of aliphatic hydroxyl groups excluding tert-OH is 1. The second-order valence-corrected chi connectivity index (χ2v) is 6.33. The molecule has 0 saturated heterocycles. The summed E-state index contributed by atoms with van der Waals surface area (Å²) >= 11 is 7.52. The molecule has 0 spiro atoms. The topological polar surface area (TPSA) is 20.2 Å². The molecule has 1 unspecified atom stereocenters. The Balaban J connectivity index is 1.65. The van der Waals surface area contributed by atoms with Crippen LogP contribution in [0.25, 0.3) is 0 Å². The summed E-state index contributed by atoms with van der Waals surface area (Å²) in [5.41, 5.74) is 1.34. The summed E-state index contributed by atoms with van der Waals surface area (Å²) < 4.78 is 0. The van der Waals surface area contributed by atoms with Crippen molar-refractivity contribution in [2.45, 2.75) is 30.3 Å². The normalized spacial score (nSPS) is 12.3. The van der Waals surface area contributed by atoms with Gasteiger partial charge in [-0.05, 0) is 49.1 Å². The smallest absolute Gasteiger partial charge is 0.0634 e. The molecule has 0 aliphatic rings. The molecule has 20 heavy (non-hydrogen) atoms. The molecular weight excluding hydrogens is 288 g/mol. The fourth-order valence-corrected chi connectivity index (χ4v) is 3.00. The number of aliphatic hydroxyl groups is 1. The summed E-state index contributed by atoms with van der Waals surface area (Å²) in [5, 5.41) is 10.7. The van der Waals surface area contributed by atoms with Gasteiger partial charge in [0, 0.05) is 15.7 Å². The van der Waals surface area contributed by atoms with Gasteiger partial charge in [-0.2, -0.15) is 0 Å². The highest BCUT2D eigenvalue weighted by Gasteiger charge is 2.05. The number of rotatable bonds is 7. The van der Waals surface area contributed by atoms with Crippen molar-refractivity contribution in [1.29, 1.82) is 0 Å². The van der Waals surface area contributed by atoms with E-state index in [4.69, 9.17) is 11.6 Å². The standard InChI is InChI=1S/C17H19ClOS/c18-15-9-11-17(12-10-15)20-13-16(19)8-4-7-14-5-2-1-3-6-14/h1-3,5-6,9-12,16,19H,4,7-8,13H2. The molecule has 0 aromatic heterocycles. The zero-order chi connectivity index (χ0) is 14.2. The van der Waals surface area contributed by atoms with E-state index < -0.39 is 0 Å². The van der Waals surface area contributed by atoms with Crippen molar-refractivity contribution in [3.8, 4) is 0 Å². The molecule has 1 N–H and O–H groups in total. The van der Waals surface area contributed by atoms with Gasteiger partial charge in [0.05, 0.1) is 6.10 Å². The molecule has 0 aliphatic heterocycles. The van der Waals surface area contributed by atoms with E-state index in [1.54, 1.807) is 11.8 Å². The van der Waals surface area contributed by atoms with Crippen LogP contribution < -0.4 is 0 Å². The van der Waals surface area contributed by atoms with Crippen LogP contribution in [-0.4, -0.2) is 17.0 Å². The van der Waals surface area contributed by atoms with Gasteiger partial charge >= 0.3 is 0 Å². The van der Waals surface area contributed by atoms with Gasteiger partial charge < -0.3 is 5.11 Å². The fourth-order valence-electron chi connectivity index (χ4n) is 1.99. The van der Waals surface area contributed by atoms with E-state index in [1.807, 2.05) is 30.3 Å². The van der Waals surface area contributed by atoms with E-state index in [9.17, 15) is 5.11 Å². The van der Waals surface area contributed by atoms with Crippen LogP contribution in [0.15, 0.2) is 59.5 Å². The van der Waals surface area contributed by atoms with Crippen LogP contribution in [0.4, 0.5) is 0 Å². The molecule has 1 atom stereocenters. The van der Waals surface area contributed by atoms with Gasteiger partial charge in [0.1, 0.15) is 0 Å². The van der Waals surface area contributed by atoms with Crippen molar-refractivity contribution in [3.05, 3.63) is 65.2 Å². The highest BCUT2D eigenvalue weighted by Crippen LogP contribution is 2.22. The minimum Gasteiger partial charge on any atom is -0.392 e. The highest BCUT2D eigenvalue weighted by molar-refractivity contribution is 7.99. The first-order valence-corrected chi connectivity index (χ1v) is 8.21. The molecule has 0 aliphatic carbocycles. The largest absolute Gasteiger partial charge is 0.392 e. The van der Waals surface area contributed by atoms with Crippen molar-refractivity contribution in [2.75, 3.05) is 5.75 Å². The summed E-state index contributed by atoms with van der Waals surface area (Å²) in [6.45, 7) is 0. The van der Waals surface area contributed by atoms with Gasteiger partial charge in [0.15, 0.2) is 0 Å². The summed E-state index contributed by atoms with van der Waals surface area (Å²) in [5.74, 6) is 0.733. The summed E-state index contributed by atoms with van der Waals surface area (Å²) in [7, 11) is 0. The monoisotopic (exact) mass is 306 g/mol.